The van der Waals surface area contributed by atoms with Crippen molar-refractivity contribution in [1.82, 2.24) is 0 Å². The summed E-state index contributed by atoms with van der Waals surface area (Å²) in [7, 11) is 1.44. The van der Waals surface area contributed by atoms with Crippen LogP contribution in [-0.2, 0) is 22.4 Å². The summed E-state index contributed by atoms with van der Waals surface area (Å²) >= 11 is 5.96. The smallest absolute Gasteiger partial charge is 0.309 e. The van der Waals surface area contributed by atoms with Gasteiger partial charge in [-0.05, 0) is 60.7 Å². The molecule has 1 atom stereocenters. The van der Waals surface area contributed by atoms with Gasteiger partial charge in [-0.1, -0.05) is 23.7 Å². The molecule has 0 saturated carbocycles. The van der Waals surface area contributed by atoms with E-state index in [1.165, 1.54) is 12.7 Å². The van der Waals surface area contributed by atoms with E-state index in [9.17, 15) is 4.79 Å². The molecule has 3 rings (SSSR count). The molecule has 0 radical (unpaired) electrons. The van der Waals surface area contributed by atoms with Gasteiger partial charge in [0.1, 0.15) is 11.5 Å². The van der Waals surface area contributed by atoms with Crippen LogP contribution >= 0.6 is 11.6 Å². The average Bonchev–Trinajstić information content (AvgIpc) is 2.53. The topological polar surface area (TPSA) is 35.5 Å². The van der Waals surface area contributed by atoms with Gasteiger partial charge in [-0.25, -0.2) is 0 Å². The summed E-state index contributed by atoms with van der Waals surface area (Å²) in [5, 5.41) is 0.640. The summed E-state index contributed by atoms with van der Waals surface area (Å²) in [5.41, 5.74) is 2.43. The Morgan fingerprint density at radius 2 is 1.95 bits per heavy atom. The summed E-state index contributed by atoms with van der Waals surface area (Å²) in [4.78, 5) is 11.7. The summed E-state index contributed by atoms with van der Waals surface area (Å²) in [5.74, 6) is 1.27. The van der Waals surface area contributed by atoms with E-state index in [0.29, 0.717) is 17.2 Å². The molecule has 0 fully saturated rings. The van der Waals surface area contributed by atoms with Gasteiger partial charge in [-0.3, -0.25) is 4.79 Å². The number of rotatable bonds is 3. The van der Waals surface area contributed by atoms with Crippen LogP contribution in [0.1, 0.15) is 17.5 Å². The minimum Gasteiger partial charge on any atom is -0.469 e. The first kappa shape index (κ1) is 14.9. The number of esters is 1. The normalized spacial score (nSPS) is 16.7. The molecule has 4 heteroatoms. The molecule has 1 aliphatic rings. The lowest BCUT2D eigenvalue weighted by molar-refractivity contribution is -0.145. The lowest BCUT2D eigenvalue weighted by atomic mass is 9.84. The molecular formula is C18H17ClO3. The van der Waals surface area contributed by atoms with E-state index >= 15 is 0 Å². The van der Waals surface area contributed by atoms with Crippen molar-refractivity contribution in [2.45, 2.75) is 19.3 Å². The van der Waals surface area contributed by atoms with Gasteiger partial charge in [0, 0.05) is 5.02 Å². The molecule has 114 valence electrons. The van der Waals surface area contributed by atoms with E-state index in [1.807, 2.05) is 30.3 Å². The summed E-state index contributed by atoms with van der Waals surface area (Å²) in [6, 6.07) is 13.3. The van der Waals surface area contributed by atoms with Gasteiger partial charge in [0.25, 0.3) is 0 Å². The predicted molar refractivity (Wildman–Crippen MR) is 85.5 cm³/mol. The third kappa shape index (κ3) is 3.25. The van der Waals surface area contributed by atoms with Gasteiger partial charge >= 0.3 is 5.97 Å². The van der Waals surface area contributed by atoms with Crippen LogP contribution in [0.4, 0.5) is 0 Å². The first-order valence-electron chi connectivity index (χ1n) is 7.29. The average molecular weight is 317 g/mol. The molecule has 0 heterocycles. The fourth-order valence-corrected chi connectivity index (χ4v) is 3.01. The van der Waals surface area contributed by atoms with E-state index in [-0.39, 0.29) is 11.9 Å². The Kier molecular flexibility index (Phi) is 4.34. The lowest BCUT2D eigenvalue weighted by Gasteiger charge is -2.23. The zero-order chi connectivity index (χ0) is 15.5. The van der Waals surface area contributed by atoms with Crippen LogP contribution in [-0.4, -0.2) is 13.1 Å². The Hall–Kier alpha value is -2.00. The van der Waals surface area contributed by atoms with Crippen molar-refractivity contribution in [2.75, 3.05) is 7.11 Å². The fraction of sp³-hybridized carbons (Fsp3) is 0.278. The van der Waals surface area contributed by atoms with Crippen LogP contribution in [0.25, 0.3) is 0 Å². The third-order valence-electron chi connectivity index (χ3n) is 3.97. The lowest BCUT2D eigenvalue weighted by Crippen LogP contribution is -2.23. The first-order chi connectivity index (χ1) is 10.7. The number of ether oxygens (including phenoxy) is 2. The molecule has 0 spiro atoms. The molecule has 0 N–H and O–H groups in total. The summed E-state index contributed by atoms with van der Waals surface area (Å²) in [6.07, 6.45) is 2.44. The van der Waals surface area contributed by atoms with E-state index < -0.39 is 0 Å². The highest BCUT2D eigenvalue weighted by molar-refractivity contribution is 6.30. The predicted octanol–water partition coefficient (Wildman–Crippen LogP) is 4.41. The number of fused-ring (bicyclic) bond motifs is 1. The second kappa shape index (κ2) is 6.41. The minimum atomic E-state index is -0.133. The first-order valence-corrected chi connectivity index (χ1v) is 7.66. The van der Waals surface area contributed by atoms with Crippen molar-refractivity contribution >= 4 is 17.6 Å². The maximum absolute atomic E-state index is 11.7. The molecule has 2 aromatic rings. The highest BCUT2D eigenvalue weighted by Crippen LogP contribution is 2.31. The largest absolute Gasteiger partial charge is 0.469 e. The van der Waals surface area contributed by atoms with Crippen molar-refractivity contribution in [1.29, 1.82) is 0 Å². The molecule has 3 nitrogen and oxygen atoms in total. The molecule has 0 bridgehead atoms. The number of carbonyl (C=O) groups excluding carboxylic acids is 1. The number of hydrogen-bond donors (Lipinski definition) is 0. The number of aryl methyl sites for hydroxylation is 1. The summed E-state index contributed by atoms with van der Waals surface area (Å²) in [6.45, 7) is 0. The molecule has 0 saturated heterocycles. The van der Waals surface area contributed by atoms with Crippen LogP contribution in [0.5, 0.6) is 11.5 Å². The van der Waals surface area contributed by atoms with Crippen LogP contribution in [0.3, 0.4) is 0 Å². The third-order valence-corrected chi connectivity index (χ3v) is 4.21. The van der Waals surface area contributed by atoms with Gasteiger partial charge in [0.05, 0.1) is 13.0 Å². The molecule has 0 aromatic heterocycles. The molecule has 0 amide bonds. The Balaban J connectivity index is 1.80. The van der Waals surface area contributed by atoms with Gasteiger partial charge in [0.15, 0.2) is 0 Å². The van der Waals surface area contributed by atoms with Gasteiger partial charge < -0.3 is 9.47 Å². The standard InChI is InChI=1S/C18H17ClO3/c1-21-18(20)13-6-5-12-7-8-17(10-14(12)9-13)22-16-4-2-3-15(19)11-16/h2-4,7-8,10-11,13H,5-6,9H2,1H3. The second-order valence-electron chi connectivity index (χ2n) is 5.45. The Morgan fingerprint density at radius 1 is 1.14 bits per heavy atom. The highest BCUT2D eigenvalue weighted by Gasteiger charge is 2.25. The highest BCUT2D eigenvalue weighted by atomic mass is 35.5. The molecule has 0 aliphatic heterocycles. The van der Waals surface area contributed by atoms with Crippen LogP contribution < -0.4 is 4.74 Å². The quantitative estimate of drug-likeness (QED) is 0.787. The number of methoxy groups -OCH3 is 1. The maximum atomic E-state index is 11.7. The van der Waals surface area contributed by atoms with Gasteiger partial charge in [-0.15, -0.1) is 0 Å². The van der Waals surface area contributed by atoms with Crippen LogP contribution in [0.2, 0.25) is 5.02 Å². The maximum Gasteiger partial charge on any atom is 0.309 e. The van der Waals surface area contributed by atoms with E-state index in [1.54, 1.807) is 6.07 Å². The molecule has 1 unspecified atom stereocenters. The minimum absolute atomic E-state index is 0.0566. The van der Waals surface area contributed by atoms with E-state index in [2.05, 4.69) is 6.07 Å². The van der Waals surface area contributed by atoms with Crippen molar-refractivity contribution in [3.63, 3.8) is 0 Å². The number of benzene rings is 2. The van der Waals surface area contributed by atoms with Crippen molar-refractivity contribution < 1.29 is 14.3 Å². The Morgan fingerprint density at radius 3 is 2.73 bits per heavy atom. The zero-order valence-electron chi connectivity index (χ0n) is 12.3. The van der Waals surface area contributed by atoms with Crippen molar-refractivity contribution in [3.05, 3.63) is 58.6 Å². The SMILES string of the molecule is COC(=O)C1CCc2ccc(Oc3cccc(Cl)c3)cc2C1. The molecule has 1 aliphatic carbocycles. The fourth-order valence-electron chi connectivity index (χ4n) is 2.83. The monoisotopic (exact) mass is 316 g/mol. The zero-order valence-corrected chi connectivity index (χ0v) is 13.1. The van der Waals surface area contributed by atoms with Gasteiger partial charge in [0.2, 0.25) is 0 Å². The van der Waals surface area contributed by atoms with Crippen LogP contribution in [0.15, 0.2) is 42.5 Å². The molecule has 2 aromatic carbocycles. The number of hydrogen-bond acceptors (Lipinski definition) is 3. The number of carbonyl (C=O) groups is 1. The molecular weight excluding hydrogens is 300 g/mol. The van der Waals surface area contributed by atoms with E-state index in [0.717, 1.165) is 24.2 Å². The van der Waals surface area contributed by atoms with Crippen LogP contribution in [0, 0.1) is 5.92 Å². The molecule has 22 heavy (non-hydrogen) atoms. The Labute approximate surface area is 134 Å². The van der Waals surface area contributed by atoms with Crippen molar-refractivity contribution in [3.8, 4) is 11.5 Å². The Bertz CT molecular complexity index is 696. The summed E-state index contributed by atoms with van der Waals surface area (Å²) < 4.78 is 10.7. The second-order valence-corrected chi connectivity index (χ2v) is 5.89. The van der Waals surface area contributed by atoms with Crippen molar-refractivity contribution in [2.24, 2.45) is 5.92 Å². The van der Waals surface area contributed by atoms with Gasteiger partial charge in [-0.2, -0.15) is 0 Å². The number of halogens is 1. The van der Waals surface area contributed by atoms with E-state index in [4.69, 9.17) is 21.1 Å².